The lowest BCUT2D eigenvalue weighted by molar-refractivity contribution is 1.43. The Balaban J connectivity index is 2.46. The van der Waals surface area contributed by atoms with Gasteiger partial charge in [-0.3, -0.25) is 0 Å². The number of rotatable bonds is 1. The Hall–Kier alpha value is -0.340. The van der Waals surface area contributed by atoms with Gasteiger partial charge in [-0.25, -0.2) is 0 Å². The molecule has 1 aliphatic rings. The van der Waals surface area contributed by atoms with E-state index in [4.69, 9.17) is 0 Å². The molecule has 0 aliphatic carbocycles. The van der Waals surface area contributed by atoms with Gasteiger partial charge in [0.25, 0.3) is 0 Å². The van der Waals surface area contributed by atoms with Crippen molar-refractivity contribution in [2.24, 2.45) is 0 Å². The molecule has 11 heavy (non-hydrogen) atoms. The third-order valence-electron chi connectivity index (χ3n) is 1.83. The van der Waals surface area contributed by atoms with Crippen LogP contribution in [0.2, 0.25) is 0 Å². The lowest BCUT2D eigenvalue weighted by Crippen LogP contribution is -1.78. The van der Waals surface area contributed by atoms with Gasteiger partial charge >= 0.3 is 0 Å². The second kappa shape index (κ2) is 2.95. The van der Waals surface area contributed by atoms with Crippen LogP contribution in [0.5, 0.6) is 0 Å². The van der Waals surface area contributed by atoms with Crippen molar-refractivity contribution < 1.29 is 0 Å². The Kier molecular flexibility index (Phi) is 1.96. The third kappa shape index (κ3) is 1.21. The summed E-state index contributed by atoms with van der Waals surface area (Å²) in [5, 5.41) is 3.26. The maximum atomic E-state index is 4.32. The minimum absolute atomic E-state index is 0.0751. The molecule has 2 heteroatoms. The largest absolute Gasteiger partial charge is 0.197 e. The highest BCUT2D eigenvalue weighted by molar-refractivity contribution is 8.25. The summed E-state index contributed by atoms with van der Waals surface area (Å²) in [5.41, 5.74) is 1.38. The molecular weight excluding hydrogens is 172 g/mol. The van der Waals surface area contributed by atoms with Gasteiger partial charge in [-0.2, -0.15) is 23.5 Å². The average Bonchev–Trinajstić information content (AvgIpc) is 2.47. The first-order valence-electron chi connectivity index (χ1n) is 3.56. The maximum Gasteiger partial charge on any atom is 0.0251 e. The van der Waals surface area contributed by atoms with Gasteiger partial charge in [0.1, 0.15) is 0 Å². The van der Waals surface area contributed by atoms with E-state index in [1.165, 1.54) is 10.5 Å². The van der Waals surface area contributed by atoms with E-state index in [1.807, 2.05) is 0 Å². The van der Waals surface area contributed by atoms with Crippen molar-refractivity contribution in [1.82, 2.24) is 0 Å². The number of fused-ring (bicyclic) bond motifs is 1. The summed E-state index contributed by atoms with van der Waals surface area (Å²) >= 11 is 4.32. The van der Waals surface area contributed by atoms with E-state index in [0.29, 0.717) is 0 Å². The van der Waals surface area contributed by atoms with E-state index >= 15 is 0 Å². The maximum absolute atomic E-state index is 4.32. The molecule has 0 fully saturated rings. The molecule has 0 saturated carbocycles. The Morgan fingerprint density at radius 1 is 1.27 bits per heavy atom. The van der Waals surface area contributed by atoms with Crippen LogP contribution in [0.4, 0.5) is 0 Å². The zero-order valence-corrected chi connectivity index (χ0v) is 7.85. The van der Waals surface area contributed by atoms with Crippen molar-refractivity contribution in [3.8, 4) is 0 Å². The minimum atomic E-state index is -0.0751. The van der Waals surface area contributed by atoms with Gasteiger partial charge in [0.2, 0.25) is 0 Å². The second-order valence-corrected chi connectivity index (χ2v) is 5.34. The van der Waals surface area contributed by atoms with Crippen molar-refractivity contribution in [2.75, 3.05) is 5.08 Å². The highest BCUT2D eigenvalue weighted by atomic mass is 32.2. The SMILES string of the molecule is SC[SH]1C=Cc2ccccc21. The van der Waals surface area contributed by atoms with Crippen LogP contribution in [0.15, 0.2) is 34.6 Å². The number of hydrogen-bond acceptors (Lipinski definition) is 1. The molecule has 0 amide bonds. The van der Waals surface area contributed by atoms with Crippen LogP contribution in [-0.2, 0) is 0 Å². The van der Waals surface area contributed by atoms with Gasteiger partial charge in [0.05, 0.1) is 0 Å². The van der Waals surface area contributed by atoms with Crippen molar-refractivity contribution in [1.29, 1.82) is 0 Å². The Morgan fingerprint density at radius 3 is 2.91 bits per heavy atom. The summed E-state index contributed by atoms with van der Waals surface area (Å²) < 4.78 is 0. The van der Waals surface area contributed by atoms with E-state index in [0.717, 1.165) is 5.08 Å². The molecule has 1 aromatic carbocycles. The van der Waals surface area contributed by atoms with Crippen molar-refractivity contribution in [2.45, 2.75) is 4.90 Å². The molecular formula is C9H10S2. The molecule has 0 spiro atoms. The molecule has 0 radical (unpaired) electrons. The Labute approximate surface area is 75.1 Å². The van der Waals surface area contributed by atoms with Crippen LogP contribution in [0, 0.1) is 0 Å². The first-order valence-corrected chi connectivity index (χ1v) is 5.79. The molecule has 0 nitrogen and oxygen atoms in total. The van der Waals surface area contributed by atoms with Crippen LogP contribution in [0.3, 0.4) is 0 Å². The molecule has 0 saturated heterocycles. The van der Waals surface area contributed by atoms with E-state index in [9.17, 15) is 0 Å². The minimum Gasteiger partial charge on any atom is -0.197 e. The predicted octanol–water partition coefficient (Wildman–Crippen LogP) is 2.92. The zero-order chi connectivity index (χ0) is 7.68. The second-order valence-electron chi connectivity index (χ2n) is 2.49. The topological polar surface area (TPSA) is 0 Å². The summed E-state index contributed by atoms with van der Waals surface area (Å²) in [7, 11) is -0.0751. The molecule has 0 N–H and O–H groups in total. The lowest BCUT2D eigenvalue weighted by Gasteiger charge is -2.10. The third-order valence-corrected chi connectivity index (χ3v) is 4.59. The molecule has 1 heterocycles. The Bertz CT molecular complexity index is 291. The first kappa shape index (κ1) is 7.32. The van der Waals surface area contributed by atoms with Gasteiger partial charge in [0, 0.05) is 5.08 Å². The smallest absolute Gasteiger partial charge is 0.0251 e. The highest BCUT2D eigenvalue weighted by Crippen LogP contribution is 2.45. The molecule has 1 aromatic rings. The highest BCUT2D eigenvalue weighted by Gasteiger charge is 2.10. The molecule has 58 valence electrons. The molecule has 1 unspecified atom stereocenters. The summed E-state index contributed by atoms with van der Waals surface area (Å²) in [6.45, 7) is 0. The summed E-state index contributed by atoms with van der Waals surface area (Å²) in [6, 6.07) is 8.56. The number of benzene rings is 1. The van der Waals surface area contributed by atoms with Gasteiger partial charge in [-0.1, -0.05) is 18.2 Å². The molecule has 1 atom stereocenters. The summed E-state index contributed by atoms with van der Waals surface area (Å²) in [5.74, 6) is 0. The van der Waals surface area contributed by atoms with E-state index in [2.05, 4.69) is 48.4 Å². The summed E-state index contributed by atoms with van der Waals surface area (Å²) in [4.78, 5) is 1.48. The molecule has 0 bridgehead atoms. The van der Waals surface area contributed by atoms with Crippen molar-refractivity contribution >= 4 is 29.6 Å². The molecule has 2 rings (SSSR count). The number of hydrogen-bond donors (Lipinski definition) is 2. The van der Waals surface area contributed by atoms with Gasteiger partial charge in [-0.05, 0) is 28.0 Å². The standard InChI is InChI=1S/C9H10S2/c10-7-11-6-5-8-3-1-2-4-9(8)11/h1-6,10-11H,7H2. The average molecular weight is 182 g/mol. The van der Waals surface area contributed by atoms with Crippen molar-refractivity contribution in [3.05, 3.63) is 35.2 Å². The van der Waals surface area contributed by atoms with Crippen LogP contribution in [0.25, 0.3) is 6.08 Å². The van der Waals surface area contributed by atoms with E-state index in [1.54, 1.807) is 0 Å². The van der Waals surface area contributed by atoms with E-state index < -0.39 is 0 Å². The van der Waals surface area contributed by atoms with Crippen LogP contribution >= 0.6 is 23.5 Å². The van der Waals surface area contributed by atoms with Crippen molar-refractivity contribution in [3.63, 3.8) is 0 Å². The fourth-order valence-corrected chi connectivity index (χ4v) is 3.51. The van der Waals surface area contributed by atoms with Crippen LogP contribution in [-0.4, -0.2) is 5.08 Å². The predicted molar refractivity (Wildman–Crippen MR) is 56.6 cm³/mol. The lowest BCUT2D eigenvalue weighted by atomic mass is 10.2. The zero-order valence-electron chi connectivity index (χ0n) is 6.07. The Morgan fingerprint density at radius 2 is 2.09 bits per heavy atom. The van der Waals surface area contributed by atoms with Gasteiger partial charge < -0.3 is 0 Å². The van der Waals surface area contributed by atoms with Crippen LogP contribution in [0.1, 0.15) is 5.56 Å². The fourth-order valence-electron chi connectivity index (χ4n) is 1.26. The summed E-state index contributed by atoms with van der Waals surface area (Å²) in [6.07, 6.45) is 2.21. The van der Waals surface area contributed by atoms with E-state index in [-0.39, 0.29) is 10.9 Å². The first-order chi connectivity index (χ1) is 5.42. The van der Waals surface area contributed by atoms with Crippen LogP contribution < -0.4 is 0 Å². The monoisotopic (exact) mass is 182 g/mol. The quantitative estimate of drug-likeness (QED) is 0.613. The fraction of sp³-hybridized carbons (Fsp3) is 0.111. The van der Waals surface area contributed by atoms with Gasteiger partial charge in [0.15, 0.2) is 0 Å². The number of thiol groups is 2. The normalized spacial score (nSPS) is 23.5. The molecule has 0 aromatic heterocycles. The molecule has 1 aliphatic heterocycles. The van der Waals surface area contributed by atoms with Gasteiger partial charge in [-0.15, -0.1) is 0 Å².